The normalized spacial score (nSPS) is 11.4. The van der Waals surface area contributed by atoms with Gasteiger partial charge < -0.3 is 10.8 Å². The molecular weight excluding hydrogens is 272 g/mol. The summed E-state index contributed by atoms with van der Waals surface area (Å²) in [6.45, 7) is 5.64. The van der Waals surface area contributed by atoms with E-state index in [9.17, 15) is 14.7 Å². The third-order valence-electron chi connectivity index (χ3n) is 2.98. The quantitative estimate of drug-likeness (QED) is 0.885. The molecule has 0 atom stereocenters. The number of amides is 1. The summed E-state index contributed by atoms with van der Waals surface area (Å²) < 4.78 is 1.47. The highest BCUT2D eigenvalue weighted by Crippen LogP contribution is 2.27. The summed E-state index contributed by atoms with van der Waals surface area (Å²) in [6, 6.07) is 6.42. The maximum absolute atomic E-state index is 11.3. The second kappa shape index (κ2) is 5.01. The Morgan fingerprint density at radius 2 is 1.76 bits per heavy atom. The number of benzene rings is 1. The number of hydrogen-bond donors (Lipinski definition) is 2. The Morgan fingerprint density at radius 3 is 2.19 bits per heavy atom. The topological polar surface area (TPSA) is 111 Å². The highest BCUT2D eigenvalue weighted by Gasteiger charge is 2.29. The van der Waals surface area contributed by atoms with Crippen molar-refractivity contribution in [1.29, 1.82) is 0 Å². The van der Waals surface area contributed by atoms with Crippen molar-refractivity contribution >= 4 is 11.9 Å². The van der Waals surface area contributed by atoms with Crippen molar-refractivity contribution in [2.75, 3.05) is 0 Å². The second-order valence-corrected chi connectivity index (χ2v) is 5.66. The Bertz CT molecular complexity index is 696. The van der Waals surface area contributed by atoms with Gasteiger partial charge in [0.25, 0.3) is 0 Å². The van der Waals surface area contributed by atoms with Crippen LogP contribution in [0.25, 0.3) is 5.69 Å². The summed E-state index contributed by atoms with van der Waals surface area (Å²) in [7, 11) is 0. The maximum atomic E-state index is 11.3. The van der Waals surface area contributed by atoms with Crippen LogP contribution in [-0.2, 0) is 5.41 Å². The molecule has 7 heteroatoms. The number of aromatic nitrogens is 3. The van der Waals surface area contributed by atoms with E-state index in [1.165, 1.54) is 4.68 Å². The first-order chi connectivity index (χ1) is 9.71. The van der Waals surface area contributed by atoms with Crippen LogP contribution in [0.3, 0.4) is 0 Å². The molecule has 1 aromatic heterocycles. The van der Waals surface area contributed by atoms with Gasteiger partial charge in [0.1, 0.15) is 0 Å². The van der Waals surface area contributed by atoms with Gasteiger partial charge in [0, 0.05) is 11.0 Å². The van der Waals surface area contributed by atoms with Crippen LogP contribution in [0.2, 0.25) is 0 Å². The number of carbonyl (C=O) groups is 2. The standard InChI is InChI=1S/C14H16N4O3/c1-14(2,3)11-10(13(20)21)16-17-18(11)9-6-4-8(5-7-9)12(15)19/h4-7H,1-3H3,(H2,15,19)(H,20,21). The Morgan fingerprint density at radius 1 is 1.19 bits per heavy atom. The van der Waals surface area contributed by atoms with Gasteiger partial charge in [-0.2, -0.15) is 0 Å². The second-order valence-electron chi connectivity index (χ2n) is 5.66. The Labute approximate surface area is 121 Å². The molecule has 1 aromatic carbocycles. The largest absolute Gasteiger partial charge is 0.476 e. The fourth-order valence-corrected chi connectivity index (χ4v) is 2.05. The Kier molecular flexibility index (Phi) is 3.51. The van der Waals surface area contributed by atoms with E-state index in [1.807, 2.05) is 20.8 Å². The van der Waals surface area contributed by atoms with E-state index < -0.39 is 17.3 Å². The Hall–Kier alpha value is -2.70. The molecule has 0 spiro atoms. The van der Waals surface area contributed by atoms with Crippen molar-refractivity contribution in [2.45, 2.75) is 26.2 Å². The first kappa shape index (κ1) is 14.7. The van der Waals surface area contributed by atoms with E-state index in [4.69, 9.17) is 5.73 Å². The highest BCUT2D eigenvalue weighted by molar-refractivity contribution is 5.93. The number of rotatable bonds is 3. The van der Waals surface area contributed by atoms with E-state index >= 15 is 0 Å². The predicted molar refractivity (Wildman–Crippen MR) is 75.5 cm³/mol. The monoisotopic (exact) mass is 288 g/mol. The molecule has 0 fully saturated rings. The number of carboxylic acid groups (broad SMARTS) is 1. The van der Waals surface area contributed by atoms with Crippen LogP contribution in [0.15, 0.2) is 24.3 Å². The molecular formula is C14H16N4O3. The van der Waals surface area contributed by atoms with Gasteiger partial charge in [-0.05, 0) is 24.3 Å². The lowest BCUT2D eigenvalue weighted by Crippen LogP contribution is -2.21. The highest BCUT2D eigenvalue weighted by atomic mass is 16.4. The number of aromatic carboxylic acids is 1. The first-order valence-corrected chi connectivity index (χ1v) is 6.31. The minimum Gasteiger partial charge on any atom is -0.476 e. The van der Waals surface area contributed by atoms with Crippen LogP contribution in [0, 0.1) is 0 Å². The zero-order chi connectivity index (χ0) is 15.8. The van der Waals surface area contributed by atoms with Crippen molar-refractivity contribution in [3.05, 3.63) is 41.2 Å². The van der Waals surface area contributed by atoms with Gasteiger partial charge in [-0.25, -0.2) is 9.48 Å². The summed E-state index contributed by atoms with van der Waals surface area (Å²) in [5, 5.41) is 16.9. The zero-order valence-corrected chi connectivity index (χ0v) is 12.0. The molecule has 0 aliphatic heterocycles. The Balaban J connectivity index is 2.59. The van der Waals surface area contributed by atoms with Crippen LogP contribution in [-0.4, -0.2) is 32.0 Å². The number of carbonyl (C=O) groups excluding carboxylic acids is 1. The molecule has 0 bridgehead atoms. The third kappa shape index (κ3) is 2.76. The van der Waals surface area contributed by atoms with Crippen LogP contribution >= 0.6 is 0 Å². The average molecular weight is 288 g/mol. The van der Waals surface area contributed by atoms with Crippen LogP contribution < -0.4 is 5.73 Å². The van der Waals surface area contributed by atoms with Crippen molar-refractivity contribution in [3.8, 4) is 5.69 Å². The molecule has 1 amide bonds. The molecule has 0 saturated carbocycles. The SMILES string of the molecule is CC(C)(C)c1c(C(=O)O)nnn1-c1ccc(C(N)=O)cc1. The molecule has 2 aromatic rings. The van der Waals surface area contributed by atoms with Crippen molar-refractivity contribution in [3.63, 3.8) is 0 Å². The van der Waals surface area contributed by atoms with Crippen LogP contribution in [0.5, 0.6) is 0 Å². The molecule has 0 aliphatic rings. The molecule has 2 rings (SSSR count). The third-order valence-corrected chi connectivity index (χ3v) is 2.98. The van der Waals surface area contributed by atoms with Gasteiger partial charge in [0.2, 0.25) is 5.91 Å². The van der Waals surface area contributed by atoms with Gasteiger partial charge in [-0.3, -0.25) is 4.79 Å². The molecule has 110 valence electrons. The van der Waals surface area contributed by atoms with Crippen molar-refractivity contribution in [1.82, 2.24) is 15.0 Å². The molecule has 0 saturated heterocycles. The zero-order valence-electron chi connectivity index (χ0n) is 12.0. The fourth-order valence-electron chi connectivity index (χ4n) is 2.05. The van der Waals surface area contributed by atoms with E-state index in [-0.39, 0.29) is 5.69 Å². The summed E-state index contributed by atoms with van der Waals surface area (Å²) in [6.07, 6.45) is 0. The summed E-state index contributed by atoms with van der Waals surface area (Å²) in [4.78, 5) is 22.4. The van der Waals surface area contributed by atoms with E-state index in [0.717, 1.165) is 0 Å². The molecule has 0 unspecified atom stereocenters. The smallest absolute Gasteiger partial charge is 0.358 e. The fraction of sp³-hybridized carbons (Fsp3) is 0.286. The van der Waals surface area contributed by atoms with Crippen LogP contribution in [0.4, 0.5) is 0 Å². The molecule has 0 radical (unpaired) electrons. The van der Waals surface area contributed by atoms with E-state index in [1.54, 1.807) is 24.3 Å². The van der Waals surface area contributed by atoms with Crippen LogP contribution in [0.1, 0.15) is 47.3 Å². The van der Waals surface area contributed by atoms with Crippen molar-refractivity contribution < 1.29 is 14.7 Å². The maximum Gasteiger partial charge on any atom is 0.358 e. The average Bonchev–Trinajstić information content (AvgIpc) is 2.83. The molecule has 3 N–H and O–H groups in total. The summed E-state index contributed by atoms with van der Waals surface area (Å²) >= 11 is 0. The molecule has 0 aliphatic carbocycles. The minimum atomic E-state index is -1.13. The van der Waals surface area contributed by atoms with Gasteiger partial charge in [0.15, 0.2) is 5.69 Å². The number of primary amides is 1. The van der Waals surface area contributed by atoms with Crippen molar-refractivity contribution in [2.24, 2.45) is 5.73 Å². The van der Waals surface area contributed by atoms with Gasteiger partial charge in [-0.15, -0.1) is 5.10 Å². The minimum absolute atomic E-state index is 0.0820. The predicted octanol–water partition coefficient (Wildman–Crippen LogP) is 1.36. The number of nitrogens with two attached hydrogens (primary N) is 1. The molecule has 1 heterocycles. The lowest BCUT2D eigenvalue weighted by Gasteiger charge is -2.20. The summed E-state index contributed by atoms with van der Waals surface area (Å²) in [5.41, 5.74) is 6.13. The molecule has 7 nitrogen and oxygen atoms in total. The van der Waals surface area contributed by atoms with E-state index in [2.05, 4.69) is 10.3 Å². The van der Waals surface area contributed by atoms with Gasteiger partial charge >= 0.3 is 5.97 Å². The molecule has 21 heavy (non-hydrogen) atoms. The number of nitrogens with zero attached hydrogens (tertiary/aromatic N) is 3. The number of hydrogen-bond acceptors (Lipinski definition) is 4. The lowest BCUT2D eigenvalue weighted by molar-refractivity contribution is 0.0687. The lowest BCUT2D eigenvalue weighted by atomic mass is 9.90. The summed E-state index contributed by atoms with van der Waals surface area (Å²) in [5.74, 6) is -1.65. The number of carboxylic acids is 1. The first-order valence-electron chi connectivity index (χ1n) is 6.31. The van der Waals surface area contributed by atoms with Gasteiger partial charge in [-0.1, -0.05) is 26.0 Å². The van der Waals surface area contributed by atoms with Gasteiger partial charge in [0.05, 0.1) is 11.4 Å². The van der Waals surface area contributed by atoms with E-state index in [0.29, 0.717) is 16.9 Å².